The van der Waals surface area contributed by atoms with Crippen LogP contribution in [0.1, 0.15) is 44.2 Å². The molecule has 2 N–H and O–H groups in total. The van der Waals surface area contributed by atoms with E-state index in [4.69, 9.17) is 5.73 Å². The van der Waals surface area contributed by atoms with Gasteiger partial charge in [-0.3, -0.25) is 4.90 Å². The first-order valence-electron chi connectivity index (χ1n) is 6.78. The van der Waals surface area contributed by atoms with E-state index in [0.717, 1.165) is 18.4 Å². The number of nitrogens with zero attached hydrogens (tertiary/aromatic N) is 1. The SMILES string of the molecule is CC(c1ccccc1F)N(C)C1(CN)CCCC1. The lowest BCUT2D eigenvalue weighted by Gasteiger charge is -2.42. The molecule has 2 rings (SSSR count). The Bertz CT molecular complexity index is 399. The van der Waals surface area contributed by atoms with Crippen LogP contribution in [-0.4, -0.2) is 24.0 Å². The minimum absolute atomic E-state index is 0.0572. The van der Waals surface area contributed by atoms with Gasteiger partial charge in [0.05, 0.1) is 0 Å². The molecule has 0 aliphatic heterocycles. The quantitative estimate of drug-likeness (QED) is 0.889. The fourth-order valence-corrected chi connectivity index (χ4v) is 3.17. The molecule has 1 unspecified atom stereocenters. The van der Waals surface area contributed by atoms with Gasteiger partial charge in [0, 0.05) is 23.7 Å². The standard InChI is InChI=1S/C15H23FN2/c1-12(13-7-3-4-8-14(13)16)18(2)15(11-17)9-5-6-10-15/h3-4,7-8,12H,5-6,9-11,17H2,1-2H3. The fraction of sp³-hybridized carbons (Fsp3) is 0.600. The molecule has 1 saturated carbocycles. The normalized spacial score (nSPS) is 20.3. The maximum Gasteiger partial charge on any atom is 0.127 e. The van der Waals surface area contributed by atoms with Gasteiger partial charge in [0.1, 0.15) is 5.82 Å². The van der Waals surface area contributed by atoms with Gasteiger partial charge in [-0.05, 0) is 32.9 Å². The van der Waals surface area contributed by atoms with Gasteiger partial charge in [-0.25, -0.2) is 4.39 Å². The van der Waals surface area contributed by atoms with Crippen LogP contribution in [0.5, 0.6) is 0 Å². The van der Waals surface area contributed by atoms with Crippen LogP contribution in [0.4, 0.5) is 4.39 Å². The van der Waals surface area contributed by atoms with Gasteiger partial charge in [0.25, 0.3) is 0 Å². The Morgan fingerprint density at radius 2 is 1.94 bits per heavy atom. The highest BCUT2D eigenvalue weighted by atomic mass is 19.1. The zero-order valence-electron chi connectivity index (χ0n) is 11.3. The van der Waals surface area contributed by atoms with Gasteiger partial charge in [-0.1, -0.05) is 31.0 Å². The number of rotatable bonds is 4. The minimum Gasteiger partial charge on any atom is -0.329 e. The highest BCUT2D eigenvalue weighted by molar-refractivity contribution is 5.21. The Hall–Kier alpha value is -0.930. The Kier molecular flexibility index (Phi) is 4.03. The van der Waals surface area contributed by atoms with E-state index >= 15 is 0 Å². The second-order valence-corrected chi connectivity index (χ2v) is 5.44. The van der Waals surface area contributed by atoms with Crippen molar-refractivity contribution in [3.05, 3.63) is 35.6 Å². The lowest BCUT2D eigenvalue weighted by Crippen LogP contribution is -2.51. The number of likely N-dealkylation sites (N-methyl/N-ethyl adjacent to an activating group) is 1. The highest BCUT2D eigenvalue weighted by Crippen LogP contribution is 2.38. The van der Waals surface area contributed by atoms with Crippen molar-refractivity contribution in [2.24, 2.45) is 5.73 Å². The molecule has 2 nitrogen and oxygen atoms in total. The first-order chi connectivity index (χ1) is 8.60. The van der Waals surface area contributed by atoms with Crippen LogP contribution in [0.25, 0.3) is 0 Å². The van der Waals surface area contributed by atoms with Crippen LogP contribution in [0.3, 0.4) is 0 Å². The van der Waals surface area contributed by atoms with Crippen molar-refractivity contribution in [1.29, 1.82) is 0 Å². The molecule has 3 heteroatoms. The van der Waals surface area contributed by atoms with Gasteiger partial charge in [-0.2, -0.15) is 0 Å². The summed E-state index contributed by atoms with van der Waals surface area (Å²) in [6.07, 6.45) is 4.70. The summed E-state index contributed by atoms with van der Waals surface area (Å²) < 4.78 is 13.9. The van der Waals surface area contributed by atoms with Crippen molar-refractivity contribution in [1.82, 2.24) is 4.90 Å². The van der Waals surface area contributed by atoms with Crippen LogP contribution in [-0.2, 0) is 0 Å². The summed E-state index contributed by atoms with van der Waals surface area (Å²) in [5.41, 5.74) is 6.81. The van der Waals surface area contributed by atoms with Crippen LogP contribution in [0.15, 0.2) is 24.3 Å². The van der Waals surface area contributed by atoms with Gasteiger partial charge in [-0.15, -0.1) is 0 Å². The van der Waals surface area contributed by atoms with Crippen molar-refractivity contribution < 1.29 is 4.39 Å². The van der Waals surface area contributed by atoms with Crippen LogP contribution >= 0.6 is 0 Å². The van der Waals surface area contributed by atoms with E-state index in [1.165, 1.54) is 18.9 Å². The third-order valence-corrected chi connectivity index (χ3v) is 4.60. The summed E-state index contributed by atoms with van der Waals surface area (Å²) in [4.78, 5) is 2.28. The van der Waals surface area contributed by atoms with E-state index in [1.807, 2.05) is 12.1 Å². The maximum absolute atomic E-state index is 13.9. The molecule has 0 heterocycles. The Labute approximate surface area is 109 Å². The van der Waals surface area contributed by atoms with Crippen molar-refractivity contribution in [2.45, 2.75) is 44.2 Å². The zero-order chi connectivity index (χ0) is 13.2. The second-order valence-electron chi connectivity index (χ2n) is 5.44. The molecule has 1 aliphatic rings. The number of nitrogens with two attached hydrogens (primary N) is 1. The number of halogens is 1. The predicted molar refractivity (Wildman–Crippen MR) is 72.8 cm³/mol. The highest BCUT2D eigenvalue weighted by Gasteiger charge is 2.39. The third kappa shape index (κ3) is 2.29. The second kappa shape index (κ2) is 5.37. The Morgan fingerprint density at radius 1 is 1.33 bits per heavy atom. The molecule has 1 fully saturated rings. The van der Waals surface area contributed by atoms with Crippen LogP contribution in [0, 0.1) is 5.82 Å². The topological polar surface area (TPSA) is 29.3 Å². The largest absolute Gasteiger partial charge is 0.329 e. The Balaban J connectivity index is 2.23. The van der Waals surface area contributed by atoms with Gasteiger partial charge < -0.3 is 5.73 Å². The molecule has 1 aromatic carbocycles. The number of hydrogen-bond donors (Lipinski definition) is 1. The molecule has 1 aromatic rings. The molecular formula is C15H23FN2. The van der Waals surface area contributed by atoms with E-state index in [9.17, 15) is 4.39 Å². The zero-order valence-corrected chi connectivity index (χ0v) is 11.3. The average Bonchev–Trinajstić information content (AvgIpc) is 2.87. The average molecular weight is 250 g/mol. The molecular weight excluding hydrogens is 227 g/mol. The van der Waals surface area contributed by atoms with E-state index < -0.39 is 0 Å². The van der Waals surface area contributed by atoms with Crippen LogP contribution < -0.4 is 5.73 Å². The number of benzene rings is 1. The number of hydrogen-bond acceptors (Lipinski definition) is 2. The monoisotopic (exact) mass is 250 g/mol. The minimum atomic E-state index is -0.123. The van der Waals surface area contributed by atoms with Gasteiger partial charge >= 0.3 is 0 Å². The summed E-state index contributed by atoms with van der Waals surface area (Å²) in [6.45, 7) is 2.72. The molecule has 100 valence electrons. The summed E-state index contributed by atoms with van der Waals surface area (Å²) in [5, 5.41) is 0. The molecule has 0 saturated heterocycles. The Morgan fingerprint density at radius 3 is 2.50 bits per heavy atom. The summed E-state index contributed by atoms with van der Waals surface area (Å²) >= 11 is 0. The molecule has 0 amide bonds. The van der Waals surface area contributed by atoms with Crippen molar-refractivity contribution >= 4 is 0 Å². The molecule has 18 heavy (non-hydrogen) atoms. The smallest absolute Gasteiger partial charge is 0.127 e. The summed E-state index contributed by atoms with van der Waals surface area (Å²) in [7, 11) is 2.08. The predicted octanol–water partition coefficient (Wildman–Crippen LogP) is 3.09. The summed E-state index contributed by atoms with van der Waals surface area (Å²) in [6, 6.07) is 7.10. The first kappa shape index (κ1) is 13.5. The molecule has 0 bridgehead atoms. The van der Waals surface area contributed by atoms with E-state index in [0.29, 0.717) is 6.54 Å². The van der Waals surface area contributed by atoms with Gasteiger partial charge in [0.15, 0.2) is 0 Å². The van der Waals surface area contributed by atoms with Crippen molar-refractivity contribution in [3.63, 3.8) is 0 Å². The molecule has 0 aromatic heterocycles. The van der Waals surface area contributed by atoms with E-state index in [1.54, 1.807) is 6.07 Å². The van der Waals surface area contributed by atoms with Crippen molar-refractivity contribution in [3.8, 4) is 0 Å². The molecule has 0 radical (unpaired) electrons. The van der Waals surface area contributed by atoms with E-state index in [-0.39, 0.29) is 17.4 Å². The lowest BCUT2D eigenvalue weighted by atomic mass is 9.92. The summed E-state index contributed by atoms with van der Waals surface area (Å²) in [5.74, 6) is -0.123. The third-order valence-electron chi connectivity index (χ3n) is 4.60. The maximum atomic E-state index is 13.9. The van der Waals surface area contributed by atoms with Gasteiger partial charge in [0.2, 0.25) is 0 Å². The first-order valence-corrected chi connectivity index (χ1v) is 6.78. The van der Waals surface area contributed by atoms with E-state index in [2.05, 4.69) is 18.9 Å². The van der Waals surface area contributed by atoms with Crippen LogP contribution in [0.2, 0.25) is 0 Å². The molecule has 0 spiro atoms. The lowest BCUT2D eigenvalue weighted by molar-refractivity contribution is 0.0878. The fourth-order valence-electron chi connectivity index (χ4n) is 3.17. The van der Waals surface area contributed by atoms with Crippen molar-refractivity contribution in [2.75, 3.05) is 13.6 Å². The molecule has 1 aliphatic carbocycles. The molecule has 1 atom stereocenters.